The molecule has 1 atom stereocenters. The second-order valence-electron chi connectivity index (χ2n) is 5.17. The summed E-state index contributed by atoms with van der Waals surface area (Å²) in [5.41, 5.74) is 0. The second-order valence-corrected chi connectivity index (χ2v) is 6.26. The number of benzene rings is 1. The van der Waals surface area contributed by atoms with Crippen molar-refractivity contribution in [2.75, 3.05) is 6.61 Å². The maximum Gasteiger partial charge on any atom is 0.348 e. The molecule has 3 aromatic rings. The fourth-order valence-corrected chi connectivity index (χ4v) is 3.15. The predicted molar refractivity (Wildman–Crippen MR) is 87.3 cm³/mol. The van der Waals surface area contributed by atoms with Crippen LogP contribution >= 0.6 is 11.3 Å². The summed E-state index contributed by atoms with van der Waals surface area (Å²) in [6.45, 7) is 1.37. The van der Waals surface area contributed by atoms with Gasteiger partial charge in [-0.3, -0.25) is 4.79 Å². The van der Waals surface area contributed by atoms with Crippen molar-refractivity contribution in [3.63, 3.8) is 0 Å². The Balaban J connectivity index is 1.57. The molecule has 0 aliphatic rings. The molecule has 0 aliphatic heterocycles. The van der Waals surface area contributed by atoms with E-state index in [0.717, 1.165) is 4.70 Å². The zero-order valence-corrected chi connectivity index (χ0v) is 13.6. The van der Waals surface area contributed by atoms with Crippen LogP contribution in [0.25, 0.3) is 10.1 Å². The van der Waals surface area contributed by atoms with Gasteiger partial charge < -0.3 is 14.5 Å². The Morgan fingerprint density at radius 1 is 1.33 bits per heavy atom. The van der Waals surface area contributed by atoms with Crippen molar-refractivity contribution >= 4 is 33.3 Å². The highest BCUT2D eigenvalue weighted by atomic mass is 32.1. The molecule has 0 fully saturated rings. The van der Waals surface area contributed by atoms with Crippen molar-refractivity contribution in [3.05, 3.63) is 59.1 Å². The molecule has 2 heterocycles. The summed E-state index contributed by atoms with van der Waals surface area (Å²) in [4.78, 5) is 24.2. The number of hydrogen-bond acceptors (Lipinski definition) is 5. The monoisotopic (exact) mass is 347 g/mol. The van der Waals surface area contributed by atoms with Gasteiger partial charge in [0.05, 0.1) is 12.3 Å². The van der Waals surface area contributed by atoms with Gasteiger partial charge in [-0.25, -0.2) is 9.18 Å². The number of ether oxygens (including phenoxy) is 1. The molecule has 0 aliphatic carbocycles. The molecule has 0 spiro atoms. The summed E-state index contributed by atoms with van der Waals surface area (Å²) in [5, 5.41) is 3.29. The van der Waals surface area contributed by atoms with Gasteiger partial charge in [-0.15, -0.1) is 11.3 Å². The van der Waals surface area contributed by atoms with Crippen LogP contribution in [0.3, 0.4) is 0 Å². The number of carbonyl (C=O) groups excluding carboxylic acids is 2. The highest BCUT2D eigenvalue weighted by molar-refractivity contribution is 7.20. The first-order valence-electron chi connectivity index (χ1n) is 7.22. The molecule has 0 bridgehead atoms. The zero-order chi connectivity index (χ0) is 17.1. The highest BCUT2D eigenvalue weighted by Gasteiger charge is 2.16. The summed E-state index contributed by atoms with van der Waals surface area (Å²) in [5.74, 6) is -0.801. The molecule has 0 saturated carbocycles. The van der Waals surface area contributed by atoms with Crippen LogP contribution in [0.15, 0.2) is 47.1 Å². The third-order valence-electron chi connectivity index (χ3n) is 3.36. The number of thiophene rings is 1. The van der Waals surface area contributed by atoms with Gasteiger partial charge in [-0.2, -0.15) is 0 Å². The van der Waals surface area contributed by atoms with Gasteiger partial charge >= 0.3 is 5.97 Å². The third-order valence-corrected chi connectivity index (χ3v) is 4.46. The normalized spacial score (nSPS) is 12.1. The molecule has 5 nitrogen and oxygen atoms in total. The van der Waals surface area contributed by atoms with Gasteiger partial charge in [0.1, 0.15) is 16.5 Å². The minimum absolute atomic E-state index is 0.321. The lowest BCUT2D eigenvalue weighted by molar-refractivity contribution is -0.125. The van der Waals surface area contributed by atoms with E-state index in [1.807, 2.05) is 0 Å². The van der Waals surface area contributed by atoms with Crippen LogP contribution in [0.1, 0.15) is 28.4 Å². The molecular formula is C17H14FNO4S. The average Bonchev–Trinajstić information content (AvgIpc) is 3.21. The molecule has 2 aromatic heterocycles. The number of nitrogens with one attached hydrogen (secondary N) is 1. The number of amides is 1. The van der Waals surface area contributed by atoms with Gasteiger partial charge in [0, 0.05) is 4.70 Å². The van der Waals surface area contributed by atoms with Gasteiger partial charge in [-0.1, -0.05) is 0 Å². The largest absolute Gasteiger partial charge is 0.467 e. The van der Waals surface area contributed by atoms with E-state index >= 15 is 0 Å². The average molecular weight is 347 g/mol. The van der Waals surface area contributed by atoms with E-state index in [4.69, 9.17) is 9.15 Å². The smallest absolute Gasteiger partial charge is 0.348 e. The first-order chi connectivity index (χ1) is 11.5. The molecule has 1 N–H and O–H groups in total. The minimum Gasteiger partial charge on any atom is -0.467 e. The van der Waals surface area contributed by atoms with Crippen LogP contribution in [-0.4, -0.2) is 18.5 Å². The lowest BCUT2D eigenvalue weighted by atomic mass is 10.2. The standard InChI is InChI=1S/C17H14FNO4S/c1-10(13-3-2-6-22-13)19-16(20)9-23-17(21)15-8-11-7-12(18)4-5-14(11)24-15/h2-8,10H,9H2,1H3,(H,19,20)/t10-/m0/s1. The fraction of sp³-hybridized carbons (Fsp3) is 0.176. The van der Waals surface area contributed by atoms with E-state index in [2.05, 4.69) is 5.32 Å². The van der Waals surface area contributed by atoms with Crippen LogP contribution < -0.4 is 5.32 Å². The molecule has 24 heavy (non-hydrogen) atoms. The van der Waals surface area contributed by atoms with Gasteiger partial charge in [0.2, 0.25) is 0 Å². The van der Waals surface area contributed by atoms with E-state index in [1.54, 1.807) is 31.2 Å². The van der Waals surface area contributed by atoms with Gasteiger partial charge in [0.15, 0.2) is 6.61 Å². The maximum atomic E-state index is 13.2. The maximum absolute atomic E-state index is 13.2. The molecular weight excluding hydrogens is 333 g/mol. The predicted octanol–water partition coefficient (Wildman–Crippen LogP) is 3.67. The molecule has 1 aromatic carbocycles. The summed E-state index contributed by atoms with van der Waals surface area (Å²) in [7, 11) is 0. The molecule has 0 radical (unpaired) electrons. The number of rotatable bonds is 5. The number of hydrogen-bond donors (Lipinski definition) is 1. The van der Waals surface area contributed by atoms with Gasteiger partial charge in [0.25, 0.3) is 5.91 Å². The van der Waals surface area contributed by atoms with Crippen LogP contribution in [-0.2, 0) is 9.53 Å². The Bertz CT molecular complexity index is 872. The Morgan fingerprint density at radius 2 is 2.17 bits per heavy atom. The van der Waals surface area contributed by atoms with Crippen molar-refractivity contribution in [3.8, 4) is 0 Å². The van der Waals surface area contributed by atoms with E-state index in [-0.39, 0.29) is 11.9 Å². The SMILES string of the molecule is C[C@H](NC(=O)COC(=O)c1cc2cc(F)ccc2s1)c1ccco1. The van der Waals surface area contributed by atoms with E-state index < -0.39 is 18.5 Å². The van der Waals surface area contributed by atoms with Crippen molar-refractivity contribution in [1.29, 1.82) is 0 Å². The van der Waals surface area contributed by atoms with E-state index in [1.165, 1.54) is 29.7 Å². The Hall–Kier alpha value is -2.67. The van der Waals surface area contributed by atoms with Crippen molar-refractivity contribution in [2.45, 2.75) is 13.0 Å². The first kappa shape index (κ1) is 16.2. The Kier molecular flexibility index (Phi) is 4.61. The molecule has 0 saturated heterocycles. The van der Waals surface area contributed by atoms with E-state index in [9.17, 15) is 14.0 Å². The Morgan fingerprint density at radius 3 is 2.92 bits per heavy atom. The highest BCUT2D eigenvalue weighted by Crippen LogP contribution is 2.26. The van der Waals surface area contributed by atoms with Crippen LogP contribution in [0.5, 0.6) is 0 Å². The molecule has 3 rings (SSSR count). The van der Waals surface area contributed by atoms with Crippen LogP contribution in [0.4, 0.5) is 4.39 Å². The summed E-state index contributed by atoms with van der Waals surface area (Å²) in [6.07, 6.45) is 1.52. The second kappa shape index (κ2) is 6.84. The Labute approximate surface area is 141 Å². The molecule has 7 heteroatoms. The first-order valence-corrected chi connectivity index (χ1v) is 8.03. The molecule has 1 amide bonds. The van der Waals surface area contributed by atoms with Crippen LogP contribution in [0, 0.1) is 5.82 Å². The number of halogens is 1. The quantitative estimate of drug-likeness (QED) is 0.715. The topological polar surface area (TPSA) is 68.5 Å². The summed E-state index contributed by atoms with van der Waals surface area (Å²) < 4.78 is 24.1. The summed E-state index contributed by atoms with van der Waals surface area (Å²) >= 11 is 1.19. The number of esters is 1. The zero-order valence-electron chi connectivity index (χ0n) is 12.7. The fourth-order valence-electron chi connectivity index (χ4n) is 2.21. The number of furan rings is 1. The third kappa shape index (κ3) is 3.62. The molecule has 0 unspecified atom stereocenters. The van der Waals surface area contributed by atoms with Gasteiger partial charge in [-0.05, 0) is 48.7 Å². The minimum atomic E-state index is -0.614. The number of fused-ring (bicyclic) bond motifs is 1. The van der Waals surface area contributed by atoms with Crippen molar-refractivity contribution in [2.24, 2.45) is 0 Å². The van der Waals surface area contributed by atoms with Crippen molar-refractivity contribution < 1.29 is 23.1 Å². The summed E-state index contributed by atoms with van der Waals surface area (Å²) in [6, 6.07) is 8.98. The lowest BCUT2D eigenvalue weighted by Gasteiger charge is -2.11. The van der Waals surface area contributed by atoms with Crippen molar-refractivity contribution in [1.82, 2.24) is 5.32 Å². The lowest BCUT2D eigenvalue weighted by Crippen LogP contribution is -2.30. The van der Waals surface area contributed by atoms with E-state index in [0.29, 0.717) is 16.0 Å². The van der Waals surface area contributed by atoms with Crippen LogP contribution in [0.2, 0.25) is 0 Å². The number of carbonyl (C=O) groups is 2. The molecule has 124 valence electrons.